The van der Waals surface area contributed by atoms with Gasteiger partial charge >= 0.3 is 0 Å². The molecular weight excluding hydrogens is 196 g/mol. The van der Waals surface area contributed by atoms with Crippen molar-refractivity contribution in [2.45, 2.75) is 44.8 Å². The first-order chi connectivity index (χ1) is 7.66. The summed E-state index contributed by atoms with van der Waals surface area (Å²) in [6.07, 6.45) is 8.20. The largest absolute Gasteiger partial charge is 0.372 e. The van der Waals surface area contributed by atoms with E-state index < -0.39 is 0 Å². The highest BCUT2D eigenvalue weighted by atomic mass is 16.5. The second-order valence-corrected chi connectivity index (χ2v) is 5.09. The summed E-state index contributed by atoms with van der Waals surface area (Å²) in [6, 6.07) is 10.4. The van der Waals surface area contributed by atoms with Crippen molar-refractivity contribution in [2.75, 3.05) is 0 Å². The van der Waals surface area contributed by atoms with Crippen molar-refractivity contribution < 1.29 is 4.74 Å². The van der Waals surface area contributed by atoms with Crippen LogP contribution in [0.3, 0.4) is 0 Å². The van der Waals surface area contributed by atoms with E-state index in [4.69, 9.17) is 4.74 Å². The van der Waals surface area contributed by atoms with Crippen molar-refractivity contribution >= 4 is 6.08 Å². The molecule has 1 heteroatoms. The van der Waals surface area contributed by atoms with E-state index in [0.717, 1.165) is 6.42 Å². The van der Waals surface area contributed by atoms with E-state index in [0.29, 0.717) is 6.10 Å². The molecule has 1 atom stereocenters. The van der Waals surface area contributed by atoms with E-state index in [1.165, 1.54) is 18.4 Å². The zero-order valence-corrected chi connectivity index (χ0v) is 10.1. The Labute approximate surface area is 98.1 Å². The van der Waals surface area contributed by atoms with Crippen LogP contribution in [0.15, 0.2) is 36.4 Å². The lowest BCUT2D eigenvalue weighted by Crippen LogP contribution is -2.19. The van der Waals surface area contributed by atoms with Gasteiger partial charge < -0.3 is 4.74 Å². The van der Waals surface area contributed by atoms with Gasteiger partial charge in [-0.25, -0.2) is 0 Å². The zero-order chi connectivity index (χ0) is 11.4. The molecule has 16 heavy (non-hydrogen) atoms. The third-order valence-electron chi connectivity index (χ3n) is 3.06. The van der Waals surface area contributed by atoms with Gasteiger partial charge in [0.15, 0.2) is 0 Å². The molecule has 1 unspecified atom stereocenters. The summed E-state index contributed by atoms with van der Waals surface area (Å²) in [4.78, 5) is 0. The maximum atomic E-state index is 5.94. The average molecular weight is 216 g/mol. The predicted octanol–water partition coefficient (Wildman–Crippen LogP) is 4.05. The first kappa shape index (κ1) is 11.4. The summed E-state index contributed by atoms with van der Waals surface area (Å²) in [5.41, 5.74) is 1.35. The SMILES string of the molecule is CC1(C)CCC(CC=Cc2ccccc2)O1. The molecule has 0 aliphatic carbocycles. The highest BCUT2D eigenvalue weighted by Gasteiger charge is 2.30. The Hall–Kier alpha value is -1.08. The molecule has 0 aromatic heterocycles. The van der Waals surface area contributed by atoms with E-state index in [1.807, 2.05) is 6.07 Å². The Morgan fingerprint density at radius 1 is 1.31 bits per heavy atom. The highest BCUT2D eigenvalue weighted by Crippen LogP contribution is 2.31. The fourth-order valence-corrected chi connectivity index (χ4v) is 2.16. The number of ether oxygens (including phenoxy) is 1. The van der Waals surface area contributed by atoms with Crippen LogP contribution in [-0.4, -0.2) is 11.7 Å². The molecule has 1 nitrogen and oxygen atoms in total. The van der Waals surface area contributed by atoms with Crippen molar-refractivity contribution in [1.29, 1.82) is 0 Å². The molecule has 1 fully saturated rings. The number of rotatable bonds is 3. The third kappa shape index (κ3) is 3.21. The summed E-state index contributed by atoms with van der Waals surface area (Å²) in [7, 11) is 0. The molecule has 0 saturated carbocycles. The standard InChI is InChI=1S/C15H20O/c1-15(2)12-11-14(16-15)10-6-9-13-7-4-3-5-8-13/h3-9,14H,10-12H2,1-2H3. The van der Waals surface area contributed by atoms with Crippen molar-refractivity contribution in [3.63, 3.8) is 0 Å². The first-order valence-corrected chi connectivity index (χ1v) is 6.05. The monoisotopic (exact) mass is 216 g/mol. The first-order valence-electron chi connectivity index (χ1n) is 6.05. The Kier molecular flexibility index (Phi) is 3.45. The van der Waals surface area contributed by atoms with Gasteiger partial charge in [-0.3, -0.25) is 0 Å². The number of hydrogen-bond acceptors (Lipinski definition) is 1. The maximum absolute atomic E-state index is 5.94. The molecule has 0 radical (unpaired) electrons. The molecule has 0 spiro atoms. The number of benzene rings is 1. The lowest BCUT2D eigenvalue weighted by molar-refractivity contribution is -0.0133. The Morgan fingerprint density at radius 3 is 2.69 bits per heavy atom. The molecule has 2 rings (SSSR count). The Morgan fingerprint density at radius 2 is 2.06 bits per heavy atom. The molecule has 1 aliphatic heterocycles. The Bertz CT molecular complexity index is 351. The summed E-state index contributed by atoms with van der Waals surface area (Å²) in [5.74, 6) is 0. The van der Waals surface area contributed by atoms with Crippen LogP contribution in [-0.2, 0) is 4.74 Å². The lowest BCUT2D eigenvalue weighted by Gasteiger charge is -2.18. The van der Waals surface area contributed by atoms with Gasteiger partial charge in [0.2, 0.25) is 0 Å². The van der Waals surface area contributed by atoms with Crippen LogP contribution >= 0.6 is 0 Å². The topological polar surface area (TPSA) is 9.23 Å². The van der Waals surface area contributed by atoms with Gasteiger partial charge in [0.05, 0.1) is 11.7 Å². The zero-order valence-electron chi connectivity index (χ0n) is 10.1. The van der Waals surface area contributed by atoms with Crippen molar-refractivity contribution in [1.82, 2.24) is 0 Å². The summed E-state index contributed by atoms with van der Waals surface area (Å²) in [5, 5.41) is 0. The van der Waals surface area contributed by atoms with Crippen LogP contribution in [0.2, 0.25) is 0 Å². The van der Waals surface area contributed by atoms with Crippen LogP contribution in [0.5, 0.6) is 0 Å². The Balaban J connectivity index is 1.82. The van der Waals surface area contributed by atoms with Gasteiger partial charge in [-0.15, -0.1) is 0 Å². The molecule has 0 amide bonds. The minimum absolute atomic E-state index is 0.0885. The van der Waals surface area contributed by atoms with Crippen molar-refractivity contribution in [3.8, 4) is 0 Å². The minimum atomic E-state index is 0.0885. The van der Waals surface area contributed by atoms with Crippen molar-refractivity contribution in [3.05, 3.63) is 42.0 Å². The van der Waals surface area contributed by atoms with Gasteiger partial charge in [0.1, 0.15) is 0 Å². The van der Waals surface area contributed by atoms with E-state index in [9.17, 15) is 0 Å². The van der Waals surface area contributed by atoms with Crippen molar-refractivity contribution in [2.24, 2.45) is 0 Å². The van der Waals surface area contributed by atoms with Crippen LogP contribution in [0.4, 0.5) is 0 Å². The molecular formula is C15H20O. The molecule has 1 aliphatic rings. The van der Waals surface area contributed by atoms with Crippen LogP contribution in [0.25, 0.3) is 6.08 Å². The fraction of sp³-hybridized carbons (Fsp3) is 0.467. The van der Waals surface area contributed by atoms with Gasteiger partial charge in [-0.1, -0.05) is 42.5 Å². The highest BCUT2D eigenvalue weighted by molar-refractivity contribution is 5.48. The quantitative estimate of drug-likeness (QED) is 0.740. The summed E-state index contributed by atoms with van der Waals surface area (Å²) in [6.45, 7) is 4.35. The number of hydrogen-bond donors (Lipinski definition) is 0. The molecule has 1 heterocycles. The second-order valence-electron chi connectivity index (χ2n) is 5.09. The van der Waals surface area contributed by atoms with Crippen LogP contribution in [0, 0.1) is 0 Å². The summed E-state index contributed by atoms with van der Waals surface area (Å²) >= 11 is 0. The second kappa shape index (κ2) is 4.84. The molecule has 0 N–H and O–H groups in total. The van der Waals surface area contributed by atoms with Crippen LogP contribution < -0.4 is 0 Å². The van der Waals surface area contributed by atoms with E-state index in [1.54, 1.807) is 0 Å². The van der Waals surface area contributed by atoms with E-state index >= 15 is 0 Å². The molecule has 0 bridgehead atoms. The van der Waals surface area contributed by atoms with Gasteiger partial charge in [-0.2, -0.15) is 0 Å². The normalized spacial score (nSPS) is 24.0. The third-order valence-corrected chi connectivity index (χ3v) is 3.06. The molecule has 1 saturated heterocycles. The maximum Gasteiger partial charge on any atom is 0.0631 e. The minimum Gasteiger partial charge on any atom is -0.372 e. The van der Waals surface area contributed by atoms with Gasteiger partial charge in [-0.05, 0) is 38.7 Å². The van der Waals surface area contributed by atoms with E-state index in [2.05, 4.69) is 50.3 Å². The van der Waals surface area contributed by atoms with Gasteiger partial charge in [0, 0.05) is 0 Å². The van der Waals surface area contributed by atoms with Gasteiger partial charge in [0.25, 0.3) is 0 Å². The molecule has 1 aromatic rings. The molecule has 1 aromatic carbocycles. The van der Waals surface area contributed by atoms with Crippen LogP contribution in [0.1, 0.15) is 38.7 Å². The van der Waals surface area contributed by atoms with E-state index in [-0.39, 0.29) is 5.60 Å². The fourth-order valence-electron chi connectivity index (χ4n) is 2.16. The smallest absolute Gasteiger partial charge is 0.0631 e. The molecule has 86 valence electrons. The predicted molar refractivity (Wildman–Crippen MR) is 68.3 cm³/mol. The summed E-state index contributed by atoms with van der Waals surface area (Å²) < 4.78 is 5.94. The lowest BCUT2D eigenvalue weighted by atomic mass is 10.0. The average Bonchev–Trinajstić information content (AvgIpc) is 2.60.